The lowest BCUT2D eigenvalue weighted by Crippen LogP contribution is -2.29. The van der Waals surface area contributed by atoms with Crippen molar-refractivity contribution in [2.24, 2.45) is 11.3 Å². The molecular weight excluding hydrogens is 268 g/mol. The van der Waals surface area contributed by atoms with E-state index in [0.717, 1.165) is 12.3 Å². The van der Waals surface area contributed by atoms with Crippen molar-refractivity contribution in [3.05, 3.63) is 23.7 Å². The average Bonchev–Trinajstić information content (AvgIpc) is 2.73. The van der Waals surface area contributed by atoms with E-state index in [0.29, 0.717) is 30.0 Å². The fourth-order valence-electron chi connectivity index (χ4n) is 1.46. The van der Waals surface area contributed by atoms with Gasteiger partial charge < -0.3 is 9.73 Å². The Balaban J connectivity index is 2.30. The van der Waals surface area contributed by atoms with E-state index in [9.17, 15) is 8.78 Å². The predicted molar refractivity (Wildman–Crippen MR) is 76.3 cm³/mol. The van der Waals surface area contributed by atoms with Crippen LogP contribution in [0.3, 0.4) is 0 Å². The largest absolute Gasteiger partial charge is 0.464 e. The molecule has 5 heteroatoms. The highest BCUT2D eigenvalue weighted by molar-refractivity contribution is 7.98. The van der Waals surface area contributed by atoms with Gasteiger partial charge in [0, 0.05) is 0 Å². The summed E-state index contributed by atoms with van der Waals surface area (Å²) in [6, 6.07) is 3.61. The van der Waals surface area contributed by atoms with E-state index < -0.39 is 5.76 Å². The fraction of sp³-hybridized carbons (Fsp3) is 0.714. The van der Waals surface area contributed by atoms with E-state index in [-0.39, 0.29) is 11.2 Å². The van der Waals surface area contributed by atoms with Crippen molar-refractivity contribution in [1.29, 1.82) is 0 Å². The smallest absolute Gasteiger partial charge is 0.284 e. The number of alkyl halides is 2. The molecule has 1 rings (SSSR count). The zero-order valence-corrected chi connectivity index (χ0v) is 12.8. The molecular formula is C14H23F2NOS. The molecule has 1 aromatic heterocycles. The third kappa shape index (κ3) is 6.43. The highest BCUT2D eigenvalue weighted by atomic mass is 32.2. The summed E-state index contributed by atoms with van der Waals surface area (Å²) in [5, 5.41) is 3.34. The van der Waals surface area contributed by atoms with Gasteiger partial charge in [-0.25, -0.2) is 0 Å². The second-order valence-electron chi connectivity index (χ2n) is 5.84. The molecule has 0 radical (unpaired) electrons. The normalized spacial score (nSPS) is 14.1. The van der Waals surface area contributed by atoms with Crippen LogP contribution in [0.5, 0.6) is 0 Å². The van der Waals surface area contributed by atoms with Crippen molar-refractivity contribution in [3.8, 4) is 0 Å². The number of rotatable bonds is 7. The number of nitrogens with one attached hydrogen (secondary N) is 1. The van der Waals surface area contributed by atoms with Crippen molar-refractivity contribution in [2.75, 3.05) is 6.54 Å². The summed E-state index contributed by atoms with van der Waals surface area (Å²) in [5.74, 6) is -0.177. The van der Waals surface area contributed by atoms with Crippen molar-refractivity contribution < 1.29 is 13.2 Å². The minimum absolute atomic E-state index is 0.218. The van der Waals surface area contributed by atoms with Crippen molar-refractivity contribution in [1.82, 2.24) is 5.32 Å². The van der Waals surface area contributed by atoms with Crippen molar-refractivity contribution >= 4 is 11.8 Å². The molecule has 0 aromatic carbocycles. The van der Waals surface area contributed by atoms with E-state index in [4.69, 9.17) is 4.42 Å². The molecule has 2 nitrogen and oxygen atoms in total. The van der Waals surface area contributed by atoms with Gasteiger partial charge in [0.05, 0.1) is 12.3 Å². The fourth-order valence-corrected chi connectivity index (χ4v) is 1.90. The van der Waals surface area contributed by atoms with Gasteiger partial charge in [-0.2, -0.15) is 8.78 Å². The molecule has 0 aliphatic heterocycles. The molecule has 0 bridgehead atoms. The molecule has 0 aliphatic carbocycles. The Hall–Kier alpha value is -0.550. The maximum absolute atomic E-state index is 12.0. The molecule has 0 aliphatic rings. The number of hydrogen-bond acceptors (Lipinski definition) is 3. The van der Waals surface area contributed by atoms with E-state index in [1.165, 1.54) is 0 Å². The highest BCUT2D eigenvalue weighted by Gasteiger charge is 2.19. The lowest BCUT2D eigenvalue weighted by atomic mass is 9.82. The van der Waals surface area contributed by atoms with Crippen LogP contribution in [-0.4, -0.2) is 12.3 Å². The Labute approximate surface area is 118 Å². The van der Waals surface area contributed by atoms with E-state index >= 15 is 0 Å². The summed E-state index contributed by atoms with van der Waals surface area (Å²) in [7, 11) is 0. The number of thioether (sulfide) groups is 1. The van der Waals surface area contributed by atoms with Crippen LogP contribution in [-0.2, 0) is 12.3 Å². The summed E-state index contributed by atoms with van der Waals surface area (Å²) in [6.07, 6.45) is 0. The Morgan fingerprint density at radius 1 is 1.26 bits per heavy atom. The second kappa shape index (κ2) is 7.29. The summed E-state index contributed by atoms with van der Waals surface area (Å²) in [4.78, 5) is 0. The summed E-state index contributed by atoms with van der Waals surface area (Å²) in [6.45, 7) is 10.4. The van der Waals surface area contributed by atoms with Crippen molar-refractivity contribution in [2.45, 2.75) is 45.8 Å². The Morgan fingerprint density at radius 3 is 2.47 bits per heavy atom. The first-order valence-electron chi connectivity index (χ1n) is 6.47. The molecule has 19 heavy (non-hydrogen) atoms. The lowest BCUT2D eigenvalue weighted by Gasteiger charge is -2.27. The van der Waals surface area contributed by atoms with Crippen LogP contribution in [0.4, 0.5) is 8.78 Å². The minimum Gasteiger partial charge on any atom is -0.464 e. The van der Waals surface area contributed by atoms with Gasteiger partial charge >= 0.3 is 0 Å². The van der Waals surface area contributed by atoms with Gasteiger partial charge in [0.2, 0.25) is 0 Å². The molecule has 1 unspecified atom stereocenters. The summed E-state index contributed by atoms with van der Waals surface area (Å²) in [5.41, 5.74) is 0.273. The number of furan rings is 1. The van der Waals surface area contributed by atoms with Crippen LogP contribution in [0, 0.1) is 11.3 Å². The third-order valence-electron chi connectivity index (χ3n) is 3.30. The third-order valence-corrected chi connectivity index (χ3v) is 4.00. The minimum atomic E-state index is -2.35. The molecule has 1 aromatic rings. The lowest BCUT2D eigenvalue weighted by molar-refractivity contribution is 0.250. The predicted octanol–water partition coefficient (Wildman–Crippen LogP) is 4.51. The molecule has 1 atom stereocenters. The first kappa shape index (κ1) is 16.5. The summed E-state index contributed by atoms with van der Waals surface area (Å²) >= 11 is 0.582. The maximum atomic E-state index is 12.0. The molecule has 0 saturated heterocycles. The second-order valence-corrected chi connectivity index (χ2v) is 6.82. The Bertz CT molecular complexity index is 374. The van der Waals surface area contributed by atoms with Crippen molar-refractivity contribution in [3.63, 3.8) is 0 Å². The number of halogens is 2. The van der Waals surface area contributed by atoms with Crippen LogP contribution >= 0.6 is 11.8 Å². The molecule has 110 valence electrons. The molecule has 0 amide bonds. The van der Waals surface area contributed by atoms with Gasteiger partial charge in [0.15, 0.2) is 0 Å². The zero-order valence-electron chi connectivity index (χ0n) is 12.0. The average molecular weight is 291 g/mol. The SMILES string of the molecule is CC(CNCc1ccc(CSC(F)F)o1)C(C)(C)C. The maximum Gasteiger partial charge on any atom is 0.284 e. The molecule has 1 N–H and O–H groups in total. The Morgan fingerprint density at radius 2 is 1.89 bits per heavy atom. The van der Waals surface area contributed by atoms with Gasteiger partial charge in [-0.3, -0.25) is 0 Å². The van der Waals surface area contributed by atoms with Crippen LogP contribution < -0.4 is 5.32 Å². The van der Waals surface area contributed by atoms with Gasteiger partial charge in [0.1, 0.15) is 11.5 Å². The Kier molecular flexibility index (Phi) is 6.33. The van der Waals surface area contributed by atoms with Gasteiger partial charge in [0.25, 0.3) is 5.76 Å². The van der Waals surface area contributed by atoms with E-state index in [1.807, 2.05) is 6.07 Å². The van der Waals surface area contributed by atoms with Gasteiger partial charge in [-0.1, -0.05) is 39.5 Å². The molecule has 0 saturated carbocycles. The van der Waals surface area contributed by atoms with Crippen LogP contribution in [0.25, 0.3) is 0 Å². The zero-order chi connectivity index (χ0) is 14.5. The molecule has 0 spiro atoms. The quantitative estimate of drug-likeness (QED) is 0.800. The van der Waals surface area contributed by atoms with E-state index in [1.54, 1.807) is 6.07 Å². The van der Waals surface area contributed by atoms with Crippen LogP contribution in [0.1, 0.15) is 39.2 Å². The molecule has 1 heterocycles. The standard InChI is InChI=1S/C14H23F2NOS/c1-10(14(2,3)4)7-17-8-11-5-6-12(18-11)9-19-13(15)16/h5-6,10,13,17H,7-9H2,1-4H3. The van der Waals surface area contributed by atoms with Gasteiger partial charge in [-0.05, 0) is 30.0 Å². The molecule has 0 fully saturated rings. The van der Waals surface area contributed by atoms with Crippen LogP contribution in [0.2, 0.25) is 0 Å². The number of hydrogen-bond donors (Lipinski definition) is 1. The van der Waals surface area contributed by atoms with Crippen LogP contribution in [0.15, 0.2) is 16.5 Å². The van der Waals surface area contributed by atoms with Gasteiger partial charge in [-0.15, -0.1) is 0 Å². The monoisotopic (exact) mass is 291 g/mol. The van der Waals surface area contributed by atoms with E-state index in [2.05, 4.69) is 33.0 Å². The first-order chi connectivity index (χ1) is 8.79. The highest BCUT2D eigenvalue weighted by Crippen LogP contribution is 2.24. The summed E-state index contributed by atoms with van der Waals surface area (Å²) < 4.78 is 29.6. The topological polar surface area (TPSA) is 25.2 Å². The first-order valence-corrected chi connectivity index (χ1v) is 7.52.